The summed E-state index contributed by atoms with van der Waals surface area (Å²) in [5.41, 5.74) is -0.523. The number of aliphatic imine (C=N–C) groups is 1. The third-order valence-corrected chi connectivity index (χ3v) is 5.69. The third-order valence-electron chi connectivity index (χ3n) is 5.69. The topological polar surface area (TPSA) is 89.5 Å². The molecule has 10 heteroatoms. The smallest absolute Gasteiger partial charge is 0.407 e. The molecule has 2 rings (SSSR count). The maximum absolute atomic E-state index is 12.4. The molecule has 0 aromatic heterocycles. The molecule has 2 aliphatic rings. The molecule has 2 N–H and O–H groups in total. The molecule has 0 aromatic carbocycles. The van der Waals surface area contributed by atoms with Gasteiger partial charge in [0.25, 0.3) is 0 Å². The van der Waals surface area contributed by atoms with Crippen molar-refractivity contribution < 1.29 is 14.3 Å². The summed E-state index contributed by atoms with van der Waals surface area (Å²) < 4.78 is 5.39. The second-order valence-corrected chi connectivity index (χ2v) is 9.78. The van der Waals surface area contributed by atoms with Crippen LogP contribution < -0.4 is 10.6 Å². The SMILES string of the molecule is CN=C(NCC(NC(=O)OC(C)(C)C)C(C)C)N1CCN(CC(=O)N2CCCC2)CC1.I. The fourth-order valence-corrected chi connectivity index (χ4v) is 3.82. The van der Waals surface area contributed by atoms with Crippen molar-refractivity contribution >= 4 is 41.9 Å². The van der Waals surface area contributed by atoms with E-state index < -0.39 is 11.7 Å². The average Bonchev–Trinajstić information content (AvgIpc) is 3.22. The molecule has 2 saturated heterocycles. The number of ether oxygens (including phenoxy) is 1. The van der Waals surface area contributed by atoms with E-state index in [-0.39, 0.29) is 41.8 Å². The molecule has 9 nitrogen and oxygen atoms in total. The van der Waals surface area contributed by atoms with Gasteiger partial charge in [-0.3, -0.25) is 14.7 Å². The maximum atomic E-state index is 12.4. The zero-order valence-corrected chi connectivity index (χ0v) is 23.0. The summed E-state index contributed by atoms with van der Waals surface area (Å²) >= 11 is 0. The lowest BCUT2D eigenvalue weighted by molar-refractivity contribution is -0.131. The Morgan fingerprint density at radius 3 is 2.09 bits per heavy atom. The molecule has 1 unspecified atom stereocenters. The predicted molar refractivity (Wildman–Crippen MR) is 139 cm³/mol. The van der Waals surface area contributed by atoms with Crippen LogP contribution in [0.4, 0.5) is 4.79 Å². The van der Waals surface area contributed by atoms with Crippen molar-refractivity contribution in [2.75, 3.05) is 59.4 Å². The summed E-state index contributed by atoms with van der Waals surface area (Å²) in [6.07, 6.45) is 1.85. The van der Waals surface area contributed by atoms with E-state index in [1.807, 2.05) is 25.7 Å². The van der Waals surface area contributed by atoms with Crippen molar-refractivity contribution in [1.82, 2.24) is 25.3 Å². The lowest BCUT2D eigenvalue weighted by Gasteiger charge is -2.37. The molecular formula is C22H43IN6O3. The molecule has 2 fully saturated rings. The Balaban J connectivity index is 0.00000512. The molecule has 2 aliphatic heterocycles. The number of amides is 2. The van der Waals surface area contributed by atoms with Crippen LogP contribution in [0.5, 0.6) is 0 Å². The number of carbonyl (C=O) groups excluding carboxylic acids is 2. The van der Waals surface area contributed by atoms with Crippen LogP contribution in [0.2, 0.25) is 0 Å². The summed E-state index contributed by atoms with van der Waals surface area (Å²) in [4.78, 5) is 35.4. The Kier molecular flexibility index (Phi) is 12.0. The summed E-state index contributed by atoms with van der Waals surface area (Å²) in [7, 11) is 1.78. The van der Waals surface area contributed by atoms with Crippen molar-refractivity contribution in [2.24, 2.45) is 10.9 Å². The van der Waals surface area contributed by atoms with Gasteiger partial charge < -0.3 is 25.2 Å². The van der Waals surface area contributed by atoms with Gasteiger partial charge in [-0.05, 0) is 39.5 Å². The number of nitrogens with zero attached hydrogens (tertiary/aromatic N) is 4. The van der Waals surface area contributed by atoms with Crippen LogP contribution in [0.1, 0.15) is 47.5 Å². The van der Waals surface area contributed by atoms with Crippen LogP contribution in [0.3, 0.4) is 0 Å². The van der Waals surface area contributed by atoms with Crippen LogP contribution >= 0.6 is 24.0 Å². The molecule has 0 spiro atoms. The van der Waals surface area contributed by atoms with Gasteiger partial charge in [-0.25, -0.2) is 4.79 Å². The van der Waals surface area contributed by atoms with Gasteiger partial charge in [0, 0.05) is 52.9 Å². The lowest BCUT2D eigenvalue weighted by atomic mass is 10.0. The first-order chi connectivity index (χ1) is 14.6. The molecule has 0 saturated carbocycles. The summed E-state index contributed by atoms with van der Waals surface area (Å²) in [5.74, 6) is 1.31. The van der Waals surface area contributed by atoms with Gasteiger partial charge in [-0.15, -0.1) is 24.0 Å². The van der Waals surface area contributed by atoms with Gasteiger partial charge in [0.05, 0.1) is 12.6 Å². The molecule has 0 aliphatic carbocycles. The lowest BCUT2D eigenvalue weighted by Crippen LogP contribution is -2.56. The summed E-state index contributed by atoms with van der Waals surface area (Å²) in [6, 6.07) is -0.0778. The largest absolute Gasteiger partial charge is 0.444 e. The van der Waals surface area contributed by atoms with Crippen molar-refractivity contribution in [3.63, 3.8) is 0 Å². The molecule has 1 atom stereocenters. The Morgan fingerprint density at radius 1 is 1.00 bits per heavy atom. The average molecular weight is 567 g/mol. The highest BCUT2D eigenvalue weighted by atomic mass is 127. The minimum Gasteiger partial charge on any atom is -0.444 e. The van der Waals surface area contributed by atoms with Gasteiger partial charge >= 0.3 is 6.09 Å². The first-order valence-electron chi connectivity index (χ1n) is 11.5. The number of rotatable bonds is 6. The number of carbonyl (C=O) groups is 2. The Hall–Kier alpha value is -1.30. The Labute approximate surface area is 210 Å². The number of halogens is 1. The van der Waals surface area contributed by atoms with Crippen molar-refractivity contribution in [2.45, 2.75) is 59.1 Å². The third kappa shape index (κ3) is 9.68. The van der Waals surface area contributed by atoms with Crippen LogP contribution in [-0.4, -0.2) is 104 Å². The highest BCUT2D eigenvalue weighted by molar-refractivity contribution is 14.0. The van der Waals surface area contributed by atoms with Gasteiger partial charge in [-0.1, -0.05) is 13.8 Å². The van der Waals surface area contributed by atoms with Crippen molar-refractivity contribution in [3.05, 3.63) is 0 Å². The second-order valence-electron chi connectivity index (χ2n) is 9.78. The molecule has 2 heterocycles. The number of hydrogen-bond donors (Lipinski definition) is 2. The van der Waals surface area contributed by atoms with E-state index in [4.69, 9.17) is 4.74 Å². The van der Waals surface area contributed by atoms with Gasteiger partial charge in [0.1, 0.15) is 5.60 Å². The number of piperazine rings is 1. The Morgan fingerprint density at radius 2 is 1.59 bits per heavy atom. The van der Waals surface area contributed by atoms with Crippen molar-refractivity contribution in [1.29, 1.82) is 0 Å². The monoisotopic (exact) mass is 566 g/mol. The molecule has 186 valence electrons. The van der Waals surface area contributed by atoms with E-state index >= 15 is 0 Å². The van der Waals surface area contributed by atoms with E-state index in [0.29, 0.717) is 13.1 Å². The zero-order chi connectivity index (χ0) is 23.0. The fraction of sp³-hybridized carbons (Fsp3) is 0.864. The van der Waals surface area contributed by atoms with Crippen LogP contribution in [0.25, 0.3) is 0 Å². The first-order valence-corrected chi connectivity index (χ1v) is 11.5. The van der Waals surface area contributed by atoms with Gasteiger partial charge in [0.15, 0.2) is 5.96 Å². The van der Waals surface area contributed by atoms with Gasteiger partial charge in [0.2, 0.25) is 5.91 Å². The number of alkyl carbamates (subject to hydrolysis) is 1. The highest BCUT2D eigenvalue weighted by Crippen LogP contribution is 2.10. The quantitative estimate of drug-likeness (QED) is 0.291. The minimum atomic E-state index is -0.523. The van der Waals surface area contributed by atoms with Crippen LogP contribution in [-0.2, 0) is 9.53 Å². The van der Waals surface area contributed by atoms with E-state index in [0.717, 1.165) is 58.1 Å². The van der Waals surface area contributed by atoms with Crippen molar-refractivity contribution in [3.8, 4) is 0 Å². The predicted octanol–water partition coefficient (Wildman–Crippen LogP) is 1.97. The maximum Gasteiger partial charge on any atom is 0.407 e. The van der Waals surface area contributed by atoms with Gasteiger partial charge in [-0.2, -0.15) is 0 Å². The number of nitrogens with one attached hydrogen (secondary N) is 2. The number of hydrogen-bond acceptors (Lipinski definition) is 5. The van der Waals surface area contributed by atoms with E-state index in [2.05, 4.69) is 39.3 Å². The molecular weight excluding hydrogens is 523 g/mol. The van der Waals surface area contributed by atoms with Crippen LogP contribution in [0.15, 0.2) is 4.99 Å². The van der Waals surface area contributed by atoms with E-state index in [1.54, 1.807) is 7.05 Å². The standard InChI is InChI=1S/C22H42N6O3.HI/c1-17(2)18(25-21(30)31-22(3,4)5)15-24-20(23-6)28-13-11-26(12-14-28)16-19(29)27-9-7-8-10-27;/h17-18H,7-16H2,1-6H3,(H,23,24)(H,25,30);1H. The fourth-order valence-electron chi connectivity index (χ4n) is 3.82. The molecule has 2 amide bonds. The molecule has 0 aromatic rings. The summed E-state index contributed by atoms with van der Waals surface area (Å²) in [6.45, 7) is 15.9. The number of likely N-dealkylation sites (tertiary alicyclic amines) is 1. The van der Waals surface area contributed by atoms with E-state index in [9.17, 15) is 9.59 Å². The highest BCUT2D eigenvalue weighted by Gasteiger charge is 2.26. The zero-order valence-electron chi connectivity index (χ0n) is 20.6. The Bertz CT molecular complexity index is 624. The summed E-state index contributed by atoms with van der Waals surface area (Å²) in [5, 5.41) is 6.36. The number of guanidine groups is 1. The minimum absolute atomic E-state index is 0. The normalized spacial score (nSPS) is 18.9. The molecule has 0 bridgehead atoms. The first kappa shape index (κ1) is 28.7. The molecule has 0 radical (unpaired) electrons. The van der Waals surface area contributed by atoms with E-state index in [1.165, 1.54) is 0 Å². The second kappa shape index (κ2) is 13.4. The van der Waals surface area contributed by atoms with Crippen LogP contribution in [0, 0.1) is 5.92 Å². The molecule has 32 heavy (non-hydrogen) atoms.